The molecule has 1 N–H and O–H groups in total. The van der Waals surface area contributed by atoms with E-state index in [0.717, 1.165) is 17.8 Å². The lowest BCUT2D eigenvalue weighted by Crippen LogP contribution is -2.35. The van der Waals surface area contributed by atoms with Gasteiger partial charge in [-0.25, -0.2) is 0 Å². The number of hydrogen-bond acceptors (Lipinski definition) is 2. The Morgan fingerprint density at radius 3 is 2.69 bits per heavy atom. The maximum absolute atomic E-state index is 9.66. The lowest BCUT2D eigenvalue weighted by molar-refractivity contribution is 0.0629. The first kappa shape index (κ1) is 6.41. The lowest BCUT2D eigenvalue weighted by atomic mass is 9.74. The van der Waals surface area contributed by atoms with Gasteiger partial charge in [0.1, 0.15) is 0 Å². The van der Waals surface area contributed by atoms with Gasteiger partial charge < -0.3 is 5.11 Å². The summed E-state index contributed by atoms with van der Waals surface area (Å²) in [5.74, 6) is 2.95. The standard InChI is InChI=1S/C11H15NO/c1-9-6-4-11(12-2-3-12)8(7(6)9)10(9,11)5-13/h6-8,13H,2-5H2,1H3. The molecule has 70 valence electrons. The molecule has 6 atom stereocenters. The molecule has 0 aromatic carbocycles. The fraction of sp³-hybridized carbons (Fsp3) is 1.00. The number of rotatable bonds is 2. The number of aliphatic hydroxyl groups excluding tert-OH is 1. The Balaban J connectivity index is 1.74. The highest BCUT2D eigenvalue weighted by molar-refractivity contribution is 5.58. The third-order valence-corrected chi connectivity index (χ3v) is 6.63. The molecule has 6 unspecified atom stereocenters. The van der Waals surface area contributed by atoms with Crippen molar-refractivity contribution in [2.45, 2.75) is 18.9 Å². The third kappa shape index (κ3) is 0.296. The quantitative estimate of drug-likeness (QED) is 0.614. The van der Waals surface area contributed by atoms with Crippen LogP contribution < -0.4 is 0 Å². The van der Waals surface area contributed by atoms with Crippen LogP contribution in [0.5, 0.6) is 0 Å². The van der Waals surface area contributed by atoms with Crippen molar-refractivity contribution in [3.05, 3.63) is 0 Å². The predicted octanol–water partition coefficient (Wildman–Crippen LogP) is 0.319. The molecule has 2 heteroatoms. The van der Waals surface area contributed by atoms with Crippen molar-refractivity contribution in [2.24, 2.45) is 28.6 Å². The SMILES string of the molecule is CC12C3CC4(N5CC5)C(C31)C24CO. The minimum atomic E-state index is 0.395. The first-order chi connectivity index (χ1) is 6.25. The highest BCUT2D eigenvalue weighted by Crippen LogP contribution is 3.07. The molecule has 6 aliphatic rings. The van der Waals surface area contributed by atoms with Gasteiger partial charge in [-0.2, -0.15) is 0 Å². The molecule has 0 amide bonds. The molecule has 1 saturated heterocycles. The molecule has 6 rings (SSSR count). The van der Waals surface area contributed by atoms with Crippen LogP contribution in [-0.4, -0.2) is 35.2 Å². The van der Waals surface area contributed by atoms with Gasteiger partial charge in [-0.3, -0.25) is 4.90 Å². The lowest BCUT2D eigenvalue weighted by Gasteiger charge is -2.31. The zero-order valence-electron chi connectivity index (χ0n) is 7.95. The molecule has 2 bridgehead atoms. The van der Waals surface area contributed by atoms with E-state index in [1.165, 1.54) is 19.5 Å². The highest BCUT2D eigenvalue weighted by atomic mass is 16.3. The van der Waals surface area contributed by atoms with Gasteiger partial charge in [0.25, 0.3) is 0 Å². The summed E-state index contributed by atoms with van der Waals surface area (Å²) < 4.78 is 0. The molecule has 0 radical (unpaired) electrons. The summed E-state index contributed by atoms with van der Waals surface area (Å²) in [4.78, 5) is 2.65. The molecule has 6 fully saturated rings. The fourth-order valence-corrected chi connectivity index (χ4v) is 6.22. The minimum Gasteiger partial charge on any atom is -0.396 e. The summed E-state index contributed by atoms with van der Waals surface area (Å²) in [6.45, 7) is 5.53. The summed E-state index contributed by atoms with van der Waals surface area (Å²) in [6, 6.07) is 0. The second-order valence-corrected chi connectivity index (χ2v) is 6.14. The largest absolute Gasteiger partial charge is 0.396 e. The predicted molar refractivity (Wildman–Crippen MR) is 47.0 cm³/mol. The molecular formula is C11H15NO. The maximum atomic E-state index is 9.66. The van der Waals surface area contributed by atoms with Crippen LogP contribution in [0.4, 0.5) is 0 Å². The first-order valence-corrected chi connectivity index (χ1v) is 5.61. The van der Waals surface area contributed by atoms with Crippen LogP contribution in [-0.2, 0) is 0 Å². The average Bonchev–Trinajstić information content (AvgIpc) is 3.03. The molecule has 0 spiro atoms. The zero-order valence-corrected chi connectivity index (χ0v) is 7.95. The van der Waals surface area contributed by atoms with Gasteiger partial charge in [0.15, 0.2) is 0 Å². The summed E-state index contributed by atoms with van der Waals surface area (Å²) in [5.41, 5.74) is 1.52. The van der Waals surface area contributed by atoms with Crippen LogP contribution in [0.1, 0.15) is 13.3 Å². The Bertz CT molecular complexity index is 342. The Morgan fingerprint density at radius 1 is 1.46 bits per heavy atom. The third-order valence-electron chi connectivity index (χ3n) is 6.63. The summed E-state index contributed by atoms with van der Waals surface area (Å²) in [7, 11) is 0. The number of aliphatic hydroxyl groups is 1. The average molecular weight is 177 g/mol. The highest BCUT2D eigenvalue weighted by Gasteiger charge is 3.09. The van der Waals surface area contributed by atoms with Crippen molar-refractivity contribution < 1.29 is 5.11 Å². The summed E-state index contributed by atoms with van der Waals surface area (Å²) in [6.07, 6.45) is 1.43. The van der Waals surface area contributed by atoms with E-state index in [1.54, 1.807) is 0 Å². The molecule has 1 aliphatic heterocycles. The molecule has 5 saturated carbocycles. The van der Waals surface area contributed by atoms with Crippen LogP contribution in [0.2, 0.25) is 0 Å². The summed E-state index contributed by atoms with van der Waals surface area (Å²) >= 11 is 0. The van der Waals surface area contributed by atoms with E-state index in [0.29, 0.717) is 23.0 Å². The molecule has 0 aromatic heterocycles. The van der Waals surface area contributed by atoms with Crippen molar-refractivity contribution in [3.63, 3.8) is 0 Å². The van der Waals surface area contributed by atoms with Gasteiger partial charge in [-0.15, -0.1) is 0 Å². The van der Waals surface area contributed by atoms with Gasteiger partial charge in [0, 0.05) is 24.0 Å². The van der Waals surface area contributed by atoms with E-state index in [4.69, 9.17) is 0 Å². The second kappa shape index (κ2) is 1.24. The Hall–Kier alpha value is -0.0800. The monoisotopic (exact) mass is 177 g/mol. The van der Waals surface area contributed by atoms with Crippen molar-refractivity contribution in [3.8, 4) is 0 Å². The van der Waals surface area contributed by atoms with Crippen LogP contribution in [0.15, 0.2) is 0 Å². The van der Waals surface area contributed by atoms with E-state index in [-0.39, 0.29) is 0 Å². The van der Waals surface area contributed by atoms with Crippen LogP contribution >= 0.6 is 0 Å². The molecule has 2 nitrogen and oxygen atoms in total. The fourth-order valence-electron chi connectivity index (χ4n) is 6.22. The molecule has 0 aromatic rings. The van der Waals surface area contributed by atoms with Gasteiger partial charge in [-0.05, 0) is 29.6 Å². The van der Waals surface area contributed by atoms with Gasteiger partial charge in [0.2, 0.25) is 0 Å². The molecular weight excluding hydrogens is 162 g/mol. The smallest absolute Gasteiger partial charge is 0.0514 e. The molecule has 1 heterocycles. The topological polar surface area (TPSA) is 23.2 Å². The van der Waals surface area contributed by atoms with Crippen molar-refractivity contribution in [1.29, 1.82) is 0 Å². The minimum absolute atomic E-state index is 0.395. The van der Waals surface area contributed by atoms with E-state index in [2.05, 4.69) is 11.8 Å². The van der Waals surface area contributed by atoms with Gasteiger partial charge in [-0.1, -0.05) is 6.92 Å². The summed E-state index contributed by atoms with van der Waals surface area (Å²) in [5, 5.41) is 9.66. The van der Waals surface area contributed by atoms with Gasteiger partial charge in [0.05, 0.1) is 6.61 Å². The van der Waals surface area contributed by atoms with Gasteiger partial charge >= 0.3 is 0 Å². The van der Waals surface area contributed by atoms with E-state index < -0.39 is 0 Å². The zero-order chi connectivity index (χ0) is 8.64. The van der Waals surface area contributed by atoms with Crippen molar-refractivity contribution >= 4 is 0 Å². The number of hydrogen-bond donors (Lipinski definition) is 1. The maximum Gasteiger partial charge on any atom is 0.0514 e. The van der Waals surface area contributed by atoms with Crippen molar-refractivity contribution in [2.75, 3.05) is 19.7 Å². The Kier molecular flexibility index (Phi) is 0.609. The van der Waals surface area contributed by atoms with Crippen LogP contribution in [0, 0.1) is 28.6 Å². The van der Waals surface area contributed by atoms with Crippen LogP contribution in [0.25, 0.3) is 0 Å². The molecule has 5 aliphatic carbocycles. The first-order valence-electron chi connectivity index (χ1n) is 5.61. The van der Waals surface area contributed by atoms with Crippen molar-refractivity contribution in [1.82, 2.24) is 4.90 Å². The normalized spacial score (nSPS) is 80.3. The Morgan fingerprint density at radius 2 is 2.23 bits per heavy atom. The Labute approximate surface area is 77.9 Å². The van der Waals surface area contributed by atoms with E-state index in [9.17, 15) is 5.11 Å². The van der Waals surface area contributed by atoms with E-state index >= 15 is 0 Å². The number of nitrogens with zero attached hydrogens (tertiary/aromatic N) is 1. The van der Waals surface area contributed by atoms with Crippen LogP contribution in [0.3, 0.4) is 0 Å². The van der Waals surface area contributed by atoms with E-state index in [1.807, 2.05) is 0 Å². The molecule has 13 heavy (non-hydrogen) atoms. The second-order valence-electron chi connectivity index (χ2n) is 6.14.